The molecule has 2 aliphatic rings. The number of benzene rings is 4. The molecule has 2 heterocycles. The molecule has 0 unspecified atom stereocenters. The SMILES string of the molecule is O=[N+]([O-])c1ccc(/C=C2\CCC[C@H]3C2=NN(c2nc(-c4ccc(-c5ccccc5)cc4)cs2)[C@@H]3c2ccc([N+](=O)[O-])cc2)cc1. The molecule has 1 aromatic heterocycles. The largest absolute Gasteiger partial charge is 0.269 e. The van der Waals surface area contributed by atoms with E-state index in [4.69, 9.17) is 10.1 Å². The van der Waals surface area contributed by atoms with Crippen molar-refractivity contribution in [3.8, 4) is 22.4 Å². The molecule has 9 nitrogen and oxygen atoms in total. The van der Waals surface area contributed by atoms with Gasteiger partial charge in [0.2, 0.25) is 5.13 Å². The zero-order chi connectivity index (χ0) is 30.9. The summed E-state index contributed by atoms with van der Waals surface area (Å²) in [5, 5.41) is 32.4. The van der Waals surface area contributed by atoms with Crippen LogP contribution in [0.25, 0.3) is 28.5 Å². The van der Waals surface area contributed by atoms with Crippen LogP contribution in [0.5, 0.6) is 0 Å². The van der Waals surface area contributed by atoms with Gasteiger partial charge in [0.05, 0.1) is 27.3 Å². The van der Waals surface area contributed by atoms with Gasteiger partial charge in [0.1, 0.15) is 0 Å². The molecule has 0 radical (unpaired) electrons. The predicted molar refractivity (Wildman–Crippen MR) is 177 cm³/mol. The molecular formula is C35H27N5O4S. The van der Waals surface area contributed by atoms with E-state index in [1.807, 2.05) is 40.7 Å². The highest BCUT2D eigenvalue weighted by Gasteiger charge is 2.43. The highest BCUT2D eigenvalue weighted by Crippen LogP contribution is 2.47. The predicted octanol–water partition coefficient (Wildman–Crippen LogP) is 9.09. The third kappa shape index (κ3) is 5.63. The molecule has 0 saturated heterocycles. The standard InChI is InChI=1S/C35H27N5O4S/c41-39(42)29-17-9-23(10-18-29)21-28-7-4-8-31-33(28)37-38(34(31)27-15-19-30(20-16-27)40(43)44)35-36-32(22-45-35)26-13-11-25(12-14-26)24-5-2-1-3-6-24/h1-3,5-6,9-22,31,34H,4,7-8H2/b28-21+/t31-,34+/m0/s1. The molecule has 1 fully saturated rings. The summed E-state index contributed by atoms with van der Waals surface area (Å²) in [7, 11) is 0. The first-order valence-electron chi connectivity index (χ1n) is 14.6. The summed E-state index contributed by atoms with van der Waals surface area (Å²) < 4.78 is 0. The maximum atomic E-state index is 11.4. The van der Waals surface area contributed by atoms with Crippen LogP contribution in [-0.4, -0.2) is 20.5 Å². The van der Waals surface area contributed by atoms with Crippen LogP contribution in [0.4, 0.5) is 16.5 Å². The third-order valence-corrected chi connectivity index (χ3v) is 9.20. The minimum Gasteiger partial charge on any atom is -0.258 e. The second-order valence-corrected chi connectivity index (χ2v) is 11.9. The van der Waals surface area contributed by atoms with Gasteiger partial charge < -0.3 is 0 Å². The molecule has 0 bridgehead atoms. The highest BCUT2D eigenvalue weighted by atomic mass is 32.1. The molecule has 1 aliphatic carbocycles. The Labute approximate surface area is 263 Å². The van der Waals surface area contributed by atoms with E-state index >= 15 is 0 Å². The number of hydrogen-bond donors (Lipinski definition) is 0. The highest BCUT2D eigenvalue weighted by molar-refractivity contribution is 7.14. The van der Waals surface area contributed by atoms with Crippen molar-refractivity contribution < 1.29 is 9.85 Å². The molecule has 45 heavy (non-hydrogen) atoms. The minimum atomic E-state index is -0.402. The van der Waals surface area contributed by atoms with Gasteiger partial charge in [-0.15, -0.1) is 11.3 Å². The molecule has 10 heteroatoms. The second kappa shape index (κ2) is 11.9. The molecule has 5 aromatic rings. The summed E-state index contributed by atoms with van der Waals surface area (Å²) in [4.78, 5) is 26.8. The number of rotatable bonds is 7. The fraction of sp³-hybridized carbons (Fsp3) is 0.143. The van der Waals surface area contributed by atoms with Crippen molar-refractivity contribution in [1.82, 2.24) is 4.98 Å². The van der Waals surface area contributed by atoms with E-state index in [2.05, 4.69) is 42.5 Å². The Morgan fingerprint density at radius 1 is 0.778 bits per heavy atom. The number of hydrazone groups is 1. The van der Waals surface area contributed by atoms with Gasteiger partial charge in [-0.1, -0.05) is 66.7 Å². The summed E-state index contributed by atoms with van der Waals surface area (Å²) in [6.07, 6.45) is 4.77. The maximum absolute atomic E-state index is 11.4. The lowest BCUT2D eigenvalue weighted by atomic mass is 9.77. The molecule has 7 rings (SSSR count). The van der Waals surface area contributed by atoms with Crippen LogP contribution in [0.15, 0.2) is 119 Å². The molecule has 0 spiro atoms. The molecule has 1 aliphatic heterocycles. The van der Waals surface area contributed by atoms with Crippen LogP contribution in [0, 0.1) is 26.1 Å². The van der Waals surface area contributed by atoms with Crippen LogP contribution in [0.3, 0.4) is 0 Å². The third-order valence-electron chi connectivity index (χ3n) is 8.37. The first-order valence-corrected chi connectivity index (χ1v) is 15.5. The van der Waals surface area contributed by atoms with Gasteiger partial charge in [0.25, 0.3) is 11.4 Å². The second-order valence-electron chi connectivity index (χ2n) is 11.1. The van der Waals surface area contributed by atoms with Crippen LogP contribution < -0.4 is 5.01 Å². The molecule has 0 N–H and O–H groups in total. The molecule has 4 aromatic carbocycles. The zero-order valence-electron chi connectivity index (χ0n) is 24.0. The van der Waals surface area contributed by atoms with E-state index in [9.17, 15) is 20.2 Å². The number of thiazole rings is 1. The maximum Gasteiger partial charge on any atom is 0.269 e. The Balaban J connectivity index is 1.24. The van der Waals surface area contributed by atoms with Crippen molar-refractivity contribution in [1.29, 1.82) is 0 Å². The lowest BCUT2D eigenvalue weighted by molar-refractivity contribution is -0.385. The zero-order valence-corrected chi connectivity index (χ0v) is 24.8. The van der Waals surface area contributed by atoms with Crippen LogP contribution in [0.1, 0.15) is 36.4 Å². The van der Waals surface area contributed by atoms with E-state index in [1.54, 1.807) is 24.3 Å². The van der Waals surface area contributed by atoms with E-state index in [-0.39, 0.29) is 28.3 Å². The first kappa shape index (κ1) is 28.3. The monoisotopic (exact) mass is 613 g/mol. The lowest BCUT2D eigenvalue weighted by Crippen LogP contribution is -2.28. The van der Waals surface area contributed by atoms with Crippen LogP contribution >= 0.6 is 11.3 Å². The Hall–Kier alpha value is -5.48. The molecular weight excluding hydrogens is 586 g/mol. The fourth-order valence-corrected chi connectivity index (χ4v) is 6.96. The Morgan fingerprint density at radius 2 is 1.40 bits per heavy atom. The van der Waals surface area contributed by atoms with Crippen molar-refractivity contribution in [2.45, 2.75) is 25.3 Å². The average molecular weight is 614 g/mol. The van der Waals surface area contributed by atoms with Crippen molar-refractivity contribution in [3.05, 3.63) is 145 Å². The number of fused-ring (bicyclic) bond motifs is 1. The number of nitro benzene ring substituents is 2. The van der Waals surface area contributed by atoms with E-state index < -0.39 is 4.92 Å². The van der Waals surface area contributed by atoms with E-state index in [0.717, 1.165) is 69.2 Å². The smallest absolute Gasteiger partial charge is 0.258 e. The summed E-state index contributed by atoms with van der Waals surface area (Å²) >= 11 is 1.52. The summed E-state index contributed by atoms with van der Waals surface area (Å²) in [5.74, 6) is 0.0574. The molecule has 2 atom stereocenters. The Morgan fingerprint density at radius 3 is 2.07 bits per heavy atom. The van der Waals surface area contributed by atoms with Crippen LogP contribution in [-0.2, 0) is 0 Å². The number of aromatic nitrogens is 1. The molecule has 222 valence electrons. The van der Waals surface area contributed by atoms with Gasteiger partial charge in [-0.05, 0) is 65.3 Å². The Bertz CT molecular complexity index is 1940. The van der Waals surface area contributed by atoms with Gasteiger partial charge in [-0.2, -0.15) is 5.10 Å². The van der Waals surface area contributed by atoms with Gasteiger partial charge in [0, 0.05) is 41.1 Å². The number of hydrogen-bond acceptors (Lipinski definition) is 8. The van der Waals surface area contributed by atoms with Gasteiger partial charge >= 0.3 is 0 Å². The lowest BCUT2D eigenvalue weighted by Gasteiger charge is -2.29. The summed E-state index contributed by atoms with van der Waals surface area (Å²) in [6.45, 7) is 0. The summed E-state index contributed by atoms with van der Waals surface area (Å²) in [5.41, 5.74) is 8.11. The Kier molecular flexibility index (Phi) is 7.48. The first-order chi connectivity index (χ1) is 21.9. The summed E-state index contributed by atoms with van der Waals surface area (Å²) in [6, 6.07) is 31.7. The van der Waals surface area contributed by atoms with Crippen molar-refractivity contribution >= 4 is 39.6 Å². The average Bonchev–Trinajstić information content (AvgIpc) is 3.72. The fourth-order valence-electron chi connectivity index (χ4n) is 6.14. The van der Waals surface area contributed by atoms with Crippen molar-refractivity contribution in [3.63, 3.8) is 0 Å². The topological polar surface area (TPSA) is 115 Å². The van der Waals surface area contributed by atoms with E-state index in [0.29, 0.717) is 0 Å². The van der Waals surface area contributed by atoms with Crippen molar-refractivity contribution in [2.75, 3.05) is 5.01 Å². The molecule has 0 amide bonds. The van der Waals surface area contributed by atoms with Crippen molar-refractivity contribution in [2.24, 2.45) is 11.0 Å². The molecule has 1 saturated carbocycles. The number of allylic oxidation sites excluding steroid dienone is 1. The number of non-ortho nitro benzene ring substituents is 2. The number of anilines is 1. The van der Waals surface area contributed by atoms with Gasteiger partial charge in [-0.25, -0.2) is 9.99 Å². The van der Waals surface area contributed by atoms with Gasteiger partial charge in [0.15, 0.2) is 0 Å². The van der Waals surface area contributed by atoms with Gasteiger partial charge in [-0.3, -0.25) is 20.2 Å². The quantitative estimate of drug-likeness (QED) is 0.134. The number of nitro groups is 2. The van der Waals surface area contributed by atoms with Crippen LogP contribution in [0.2, 0.25) is 0 Å². The normalized spacial score (nSPS) is 18.4. The minimum absolute atomic E-state index is 0.0438. The van der Waals surface area contributed by atoms with E-state index in [1.165, 1.54) is 23.5 Å². The number of nitrogens with zero attached hydrogens (tertiary/aromatic N) is 5.